The molecule has 0 aliphatic carbocycles. The lowest BCUT2D eigenvalue weighted by Crippen LogP contribution is -2.22. The first kappa shape index (κ1) is 23.6. The fraction of sp³-hybridized carbons (Fsp3) is 0.364. The van der Waals surface area contributed by atoms with Gasteiger partial charge in [0.25, 0.3) is 0 Å². The van der Waals surface area contributed by atoms with Crippen LogP contribution in [0.4, 0.5) is 0 Å². The highest BCUT2D eigenvalue weighted by Gasteiger charge is 2.20. The van der Waals surface area contributed by atoms with Crippen LogP contribution in [0.15, 0.2) is 41.3 Å². The Hall–Kier alpha value is -3.11. The van der Waals surface area contributed by atoms with Crippen molar-refractivity contribution in [3.05, 3.63) is 47.8 Å². The molecule has 0 radical (unpaired) electrons. The predicted octanol–water partition coefficient (Wildman–Crippen LogP) is 3.07. The van der Waals surface area contributed by atoms with Gasteiger partial charge in [-0.2, -0.15) is 0 Å². The summed E-state index contributed by atoms with van der Waals surface area (Å²) in [4.78, 5) is 17.3. The molecule has 0 amide bonds. The molecule has 1 heterocycles. The monoisotopic (exact) mass is 461 g/mol. The van der Waals surface area contributed by atoms with E-state index in [-0.39, 0.29) is 11.5 Å². The topological polar surface area (TPSA) is 100.0 Å². The second kappa shape index (κ2) is 9.58. The fourth-order valence-electron chi connectivity index (χ4n) is 3.28. The van der Waals surface area contributed by atoms with Crippen LogP contribution in [0.25, 0.3) is 11.0 Å². The van der Waals surface area contributed by atoms with E-state index in [1.807, 2.05) is 18.4 Å². The maximum absolute atomic E-state index is 12.6. The number of methoxy groups -OCH3 is 1. The molecular weight excluding hydrogens is 434 g/mol. The van der Waals surface area contributed by atoms with Crippen molar-refractivity contribution in [3.8, 4) is 11.5 Å². The minimum atomic E-state index is -3.58. The van der Waals surface area contributed by atoms with Crippen LogP contribution in [0.5, 0.6) is 11.5 Å². The Labute approximate surface area is 187 Å². The third-order valence-electron chi connectivity index (χ3n) is 4.93. The maximum atomic E-state index is 12.6. The van der Waals surface area contributed by atoms with Gasteiger partial charge in [-0.25, -0.2) is 22.5 Å². The molecule has 3 aromatic rings. The Balaban J connectivity index is 1.86. The zero-order valence-corrected chi connectivity index (χ0v) is 19.6. The van der Waals surface area contributed by atoms with Crippen LogP contribution < -0.4 is 9.47 Å². The van der Waals surface area contributed by atoms with E-state index in [9.17, 15) is 13.2 Å². The number of ether oxygens (including phenoxy) is 3. The number of hydrogen-bond acceptors (Lipinski definition) is 7. The zero-order valence-electron chi connectivity index (χ0n) is 18.8. The van der Waals surface area contributed by atoms with Crippen LogP contribution in [0.3, 0.4) is 0 Å². The molecule has 0 unspecified atom stereocenters. The van der Waals surface area contributed by atoms with E-state index in [1.165, 1.54) is 27.3 Å². The average molecular weight is 462 g/mol. The van der Waals surface area contributed by atoms with Gasteiger partial charge in [-0.15, -0.1) is 0 Å². The van der Waals surface area contributed by atoms with E-state index in [2.05, 4.69) is 4.98 Å². The van der Waals surface area contributed by atoms with Crippen molar-refractivity contribution < 1.29 is 27.4 Å². The Morgan fingerprint density at radius 1 is 1.09 bits per heavy atom. The molecule has 0 bridgehead atoms. The summed E-state index contributed by atoms with van der Waals surface area (Å²) in [5.41, 5.74) is 1.61. The smallest absolute Gasteiger partial charge is 0.338 e. The van der Waals surface area contributed by atoms with E-state index in [1.54, 1.807) is 30.3 Å². The van der Waals surface area contributed by atoms with Crippen molar-refractivity contribution in [2.24, 2.45) is 0 Å². The number of sulfonamides is 1. The molecule has 0 N–H and O–H groups in total. The SMILES string of the molecule is CCOc1cc(C(=O)OCc2nc3cc(S(=O)(=O)N(C)C)ccc3n2CC)ccc1OC. The summed E-state index contributed by atoms with van der Waals surface area (Å²) >= 11 is 0. The van der Waals surface area contributed by atoms with E-state index < -0.39 is 16.0 Å². The van der Waals surface area contributed by atoms with E-state index >= 15 is 0 Å². The molecular formula is C22H27N3O6S. The van der Waals surface area contributed by atoms with Gasteiger partial charge in [-0.05, 0) is 50.2 Å². The molecule has 1 aromatic heterocycles. The first-order valence-electron chi connectivity index (χ1n) is 10.1. The Bertz CT molecular complexity index is 1230. The molecule has 0 spiro atoms. The second-order valence-corrected chi connectivity index (χ2v) is 9.24. The molecule has 0 aliphatic rings. The van der Waals surface area contributed by atoms with Crippen LogP contribution >= 0.6 is 0 Å². The Kier molecular flexibility index (Phi) is 7.05. The molecule has 9 nitrogen and oxygen atoms in total. The molecule has 0 saturated heterocycles. The number of nitrogens with zero attached hydrogens (tertiary/aromatic N) is 3. The minimum Gasteiger partial charge on any atom is -0.493 e. The zero-order chi connectivity index (χ0) is 23.5. The number of benzene rings is 2. The fourth-order valence-corrected chi connectivity index (χ4v) is 4.20. The van der Waals surface area contributed by atoms with Gasteiger partial charge in [0.05, 0.1) is 35.2 Å². The molecule has 0 atom stereocenters. The summed E-state index contributed by atoms with van der Waals surface area (Å²) in [7, 11) is 0.904. The van der Waals surface area contributed by atoms with Crippen LogP contribution in [-0.2, 0) is 27.9 Å². The number of rotatable bonds is 9. The lowest BCUT2D eigenvalue weighted by Gasteiger charge is -2.11. The number of aryl methyl sites for hydroxylation is 1. The van der Waals surface area contributed by atoms with Crippen LogP contribution in [0.1, 0.15) is 30.0 Å². The lowest BCUT2D eigenvalue weighted by atomic mass is 10.2. The normalized spacial score (nSPS) is 11.7. The van der Waals surface area contributed by atoms with Gasteiger partial charge in [-0.3, -0.25) is 0 Å². The summed E-state index contributed by atoms with van der Waals surface area (Å²) in [6, 6.07) is 9.62. The number of fused-ring (bicyclic) bond motifs is 1. The first-order chi connectivity index (χ1) is 15.2. The predicted molar refractivity (Wildman–Crippen MR) is 120 cm³/mol. The molecule has 3 rings (SSSR count). The number of carbonyl (C=O) groups is 1. The molecule has 2 aromatic carbocycles. The molecule has 10 heteroatoms. The van der Waals surface area contributed by atoms with Gasteiger partial charge < -0.3 is 18.8 Å². The van der Waals surface area contributed by atoms with E-state index in [4.69, 9.17) is 14.2 Å². The minimum absolute atomic E-state index is 0.0624. The first-order valence-corrected chi connectivity index (χ1v) is 11.6. The van der Waals surface area contributed by atoms with Gasteiger partial charge >= 0.3 is 5.97 Å². The van der Waals surface area contributed by atoms with E-state index in [0.717, 1.165) is 9.82 Å². The summed E-state index contributed by atoms with van der Waals surface area (Å²) in [6.45, 7) is 4.73. The van der Waals surface area contributed by atoms with Crippen molar-refractivity contribution >= 4 is 27.0 Å². The van der Waals surface area contributed by atoms with Crippen molar-refractivity contribution in [1.29, 1.82) is 0 Å². The van der Waals surface area contributed by atoms with Crippen LogP contribution in [0, 0.1) is 0 Å². The largest absolute Gasteiger partial charge is 0.493 e. The molecule has 32 heavy (non-hydrogen) atoms. The van der Waals surface area contributed by atoms with Gasteiger partial charge in [0, 0.05) is 20.6 Å². The molecule has 0 aliphatic heterocycles. The number of carbonyl (C=O) groups excluding carboxylic acids is 1. The quantitative estimate of drug-likeness (QED) is 0.452. The standard InChI is InChI=1S/C22H27N3O6S/c1-6-25-18-10-9-16(32(27,28)24(3)4)13-17(18)23-21(25)14-31-22(26)15-8-11-19(29-5)20(12-15)30-7-2/h8-13H,6-7,14H2,1-5H3. The number of esters is 1. The van der Waals surface area contributed by atoms with Crippen molar-refractivity contribution in [2.45, 2.75) is 31.9 Å². The summed E-state index contributed by atoms with van der Waals surface area (Å²) in [5, 5.41) is 0. The van der Waals surface area contributed by atoms with Crippen molar-refractivity contribution in [1.82, 2.24) is 13.9 Å². The van der Waals surface area contributed by atoms with Gasteiger partial charge in [0.2, 0.25) is 10.0 Å². The molecule has 172 valence electrons. The van der Waals surface area contributed by atoms with Crippen molar-refractivity contribution in [2.75, 3.05) is 27.8 Å². The lowest BCUT2D eigenvalue weighted by molar-refractivity contribution is 0.0458. The second-order valence-electron chi connectivity index (χ2n) is 7.09. The van der Waals surface area contributed by atoms with Crippen LogP contribution in [-0.4, -0.2) is 56.1 Å². The summed E-state index contributed by atoms with van der Waals surface area (Å²) in [6.07, 6.45) is 0. The third-order valence-corrected chi connectivity index (χ3v) is 6.74. The summed E-state index contributed by atoms with van der Waals surface area (Å²) in [5.74, 6) is 0.979. The Morgan fingerprint density at radius 2 is 1.84 bits per heavy atom. The highest BCUT2D eigenvalue weighted by atomic mass is 32.2. The molecule has 0 fully saturated rings. The van der Waals surface area contributed by atoms with E-state index in [0.29, 0.717) is 41.6 Å². The number of imidazole rings is 1. The highest BCUT2D eigenvalue weighted by Crippen LogP contribution is 2.28. The van der Waals surface area contributed by atoms with Crippen LogP contribution in [0.2, 0.25) is 0 Å². The molecule has 0 saturated carbocycles. The number of hydrogen-bond donors (Lipinski definition) is 0. The van der Waals surface area contributed by atoms with Gasteiger partial charge in [0.15, 0.2) is 11.5 Å². The maximum Gasteiger partial charge on any atom is 0.338 e. The Morgan fingerprint density at radius 3 is 2.47 bits per heavy atom. The third kappa shape index (κ3) is 4.56. The summed E-state index contributed by atoms with van der Waals surface area (Å²) < 4.78 is 44.1. The average Bonchev–Trinajstić information content (AvgIpc) is 3.14. The van der Waals surface area contributed by atoms with Crippen molar-refractivity contribution in [3.63, 3.8) is 0 Å². The van der Waals surface area contributed by atoms with Gasteiger partial charge in [0.1, 0.15) is 12.4 Å². The highest BCUT2D eigenvalue weighted by molar-refractivity contribution is 7.89. The van der Waals surface area contributed by atoms with Gasteiger partial charge in [-0.1, -0.05) is 0 Å². The number of aromatic nitrogens is 2.